The summed E-state index contributed by atoms with van der Waals surface area (Å²) in [7, 11) is 0. The van der Waals surface area contributed by atoms with E-state index in [0.29, 0.717) is 10.6 Å². The molecule has 1 aliphatic rings. The second-order valence-corrected chi connectivity index (χ2v) is 6.12. The number of benzene rings is 1. The van der Waals surface area contributed by atoms with E-state index in [4.69, 9.17) is 5.11 Å². The predicted molar refractivity (Wildman–Crippen MR) is 80.2 cm³/mol. The number of nitrogens with zero attached hydrogens (tertiary/aromatic N) is 1. The summed E-state index contributed by atoms with van der Waals surface area (Å²) in [5.74, 6) is -3.01. The molecular formula is C15H11FN2O4S. The number of hydrogen-bond donors (Lipinski definition) is 2. The Morgan fingerprint density at radius 3 is 2.61 bits per heavy atom. The van der Waals surface area contributed by atoms with Gasteiger partial charge in [-0.15, -0.1) is 0 Å². The second kappa shape index (κ2) is 5.88. The van der Waals surface area contributed by atoms with E-state index in [1.807, 2.05) is 0 Å². The first-order valence-electron chi connectivity index (χ1n) is 6.76. The molecule has 1 aromatic heterocycles. The molecule has 2 N–H and O–H groups in total. The van der Waals surface area contributed by atoms with Crippen LogP contribution in [0.4, 0.5) is 9.52 Å². The number of Topliss-reactive ketones (excluding diaryl/α,β-unsaturated/α-hetero) is 1. The van der Waals surface area contributed by atoms with Crippen LogP contribution in [-0.4, -0.2) is 27.8 Å². The second-order valence-electron chi connectivity index (χ2n) is 5.12. The summed E-state index contributed by atoms with van der Waals surface area (Å²) in [4.78, 5) is 39.6. The van der Waals surface area contributed by atoms with Crippen molar-refractivity contribution in [3.8, 4) is 0 Å². The van der Waals surface area contributed by atoms with Crippen molar-refractivity contribution in [2.75, 3.05) is 5.32 Å². The minimum atomic E-state index is -1.03. The molecule has 0 radical (unpaired) electrons. The number of carbonyl (C=O) groups excluding carboxylic acids is 2. The van der Waals surface area contributed by atoms with Crippen molar-refractivity contribution < 1.29 is 23.9 Å². The van der Waals surface area contributed by atoms with Gasteiger partial charge in [-0.05, 0) is 24.3 Å². The van der Waals surface area contributed by atoms with Crippen LogP contribution in [0.2, 0.25) is 0 Å². The first-order chi connectivity index (χ1) is 10.9. The molecule has 118 valence electrons. The minimum absolute atomic E-state index is 0.0596. The third kappa shape index (κ3) is 3.11. The number of carboxylic acids is 1. The van der Waals surface area contributed by atoms with E-state index in [2.05, 4.69) is 10.3 Å². The Kier molecular flexibility index (Phi) is 3.91. The molecule has 0 unspecified atom stereocenters. The van der Waals surface area contributed by atoms with Gasteiger partial charge in [-0.3, -0.25) is 19.7 Å². The van der Waals surface area contributed by atoms with Gasteiger partial charge in [0.1, 0.15) is 5.82 Å². The van der Waals surface area contributed by atoms with E-state index in [-0.39, 0.29) is 29.3 Å². The fraction of sp³-hybridized carbons (Fsp3) is 0.200. The summed E-state index contributed by atoms with van der Waals surface area (Å²) in [6.07, 6.45) is 0.106. The molecule has 0 bridgehead atoms. The highest BCUT2D eigenvalue weighted by Crippen LogP contribution is 2.32. The van der Waals surface area contributed by atoms with Crippen LogP contribution in [0.5, 0.6) is 0 Å². The Morgan fingerprint density at radius 1 is 1.26 bits per heavy atom. The van der Waals surface area contributed by atoms with Gasteiger partial charge in [0.2, 0.25) is 0 Å². The number of ketones is 1. The molecule has 1 atom stereocenters. The van der Waals surface area contributed by atoms with E-state index in [9.17, 15) is 18.8 Å². The largest absolute Gasteiger partial charge is 0.481 e. The number of carboxylic acid groups (broad SMARTS) is 1. The Bertz CT molecular complexity index is 800. The van der Waals surface area contributed by atoms with E-state index in [1.54, 1.807) is 0 Å². The zero-order valence-electron chi connectivity index (χ0n) is 11.7. The van der Waals surface area contributed by atoms with Gasteiger partial charge in [-0.2, -0.15) is 0 Å². The van der Waals surface area contributed by atoms with Crippen molar-refractivity contribution >= 4 is 34.1 Å². The summed E-state index contributed by atoms with van der Waals surface area (Å²) in [5, 5.41) is 11.8. The minimum Gasteiger partial charge on any atom is -0.481 e. The molecule has 6 nitrogen and oxygen atoms in total. The van der Waals surface area contributed by atoms with E-state index in [1.165, 1.54) is 24.3 Å². The van der Waals surface area contributed by atoms with Crippen molar-refractivity contribution in [3.05, 3.63) is 46.2 Å². The number of carbonyl (C=O) groups is 3. The molecule has 1 aromatic carbocycles. The van der Waals surface area contributed by atoms with Gasteiger partial charge >= 0.3 is 5.97 Å². The number of halogens is 1. The lowest BCUT2D eigenvalue weighted by molar-refractivity contribution is -0.141. The number of fused-ring (bicyclic) bond motifs is 1. The van der Waals surface area contributed by atoms with Gasteiger partial charge in [0.05, 0.1) is 16.5 Å². The molecule has 0 aliphatic heterocycles. The van der Waals surface area contributed by atoms with Crippen LogP contribution in [0.15, 0.2) is 24.3 Å². The Morgan fingerprint density at radius 2 is 1.96 bits per heavy atom. The van der Waals surface area contributed by atoms with E-state index >= 15 is 0 Å². The molecule has 0 saturated heterocycles. The number of aliphatic carboxylic acids is 1. The normalized spacial score (nSPS) is 16.7. The summed E-state index contributed by atoms with van der Waals surface area (Å²) in [6.45, 7) is 0. The van der Waals surface area contributed by atoms with Crippen LogP contribution in [0, 0.1) is 11.7 Å². The number of hydrogen-bond acceptors (Lipinski definition) is 5. The summed E-state index contributed by atoms with van der Waals surface area (Å²) < 4.78 is 12.8. The molecular weight excluding hydrogens is 323 g/mol. The highest BCUT2D eigenvalue weighted by molar-refractivity contribution is 7.17. The number of rotatable bonds is 3. The van der Waals surface area contributed by atoms with Crippen LogP contribution >= 0.6 is 11.3 Å². The lowest BCUT2D eigenvalue weighted by Gasteiger charge is -2.15. The third-order valence-corrected chi connectivity index (χ3v) is 4.55. The number of thiazole rings is 1. The quantitative estimate of drug-likeness (QED) is 0.898. The molecule has 1 amide bonds. The monoisotopic (exact) mass is 334 g/mol. The van der Waals surface area contributed by atoms with Gasteiger partial charge < -0.3 is 5.11 Å². The molecule has 0 fully saturated rings. The van der Waals surface area contributed by atoms with Gasteiger partial charge in [0.15, 0.2) is 10.9 Å². The van der Waals surface area contributed by atoms with E-state index in [0.717, 1.165) is 11.3 Å². The van der Waals surface area contributed by atoms with Crippen molar-refractivity contribution in [3.63, 3.8) is 0 Å². The standard InChI is InChI=1S/C15H11FN2O4S/c16-9-3-1-7(2-4-9)13(20)18-15-17-10-5-8(14(21)22)6-11(19)12(10)23-15/h1-4,8H,5-6H2,(H,21,22)(H,17,18,20)/t8-/m0/s1. The maximum absolute atomic E-state index is 12.8. The Labute approximate surface area is 134 Å². The summed E-state index contributed by atoms with van der Waals surface area (Å²) in [6, 6.07) is 5.01. The number of anilines is 1. The fourth-order valence-electron chi connectivity index (χ4n) is 2.33. The van der Waals surface area contributed by atoms with Crippen LogP contribution in [-0.2, 0) is 11.2 Å². The van der Waals surface area contributed by atoms with Crippen LogP contribution < -0.4 is 5.32 Å². The molecule has 8 heteroatoms. The van der Waals surface area contributed by atoms with Gasteiger partial charge in [0.25, 0.3) is 5.91 Å². The van der Waals surface area contributed by atoms with Gasteiger partial charge in [0, 0.05) is 18.4 Å². The molecule has 0 spiro atoms. The first kappa shape index (κ1) is 15.3. The average Bonchev–Trinajstić information content (AvgIpc) is 2.90. The fourth-order valence-corrected chi connectivity index (χ4v) is 3.27. The number of aromatic nitrogens is 1. The molecule has 23 heavy (non-hydrogen) atoms. The maximum Gasteiger partial charge on any atom is 0.307 e. The van der Waals surface area contributed by atoms with E-state index < -0.39 is 23.6 Å². The van der Waals surface area contributed by atoms with Crippen molar-refractivity contribution in [2.24, 2.45) is 5.92 Å². The first-order valence-corrected chi connectivity index (χ1v) is 7.58. The smallest absolute Gasteiger partial charge is 0.307 e. The Hall–Kier alpha value is -2.61. The summed E-state index contributed by atoms with van der Waals surface area (Å²) in [5.41, 5.74) is 0.655. The lowest BCUT2D eigenvalue weighted by Crippen LogP contribution is -2.25. The molecule has 0 saturated carbocycles. The van der Waals surface area contributed by atoms with Crippen LogP contribution in [0.1, 0.15) is 32.1 Å². The lowest BCUT2D eigenvalue weighted by atomic mass is 9.90. The van der Waals surface area contributed by atoms with Crippen molar-refractivity contribution in [1.29, 1.82) is 0 Å². The van der Waals surface area contributed by atoms with Crippen LogP contribution in [0.3, 0.4) is 0 Å². The SMILES string of the molecule is O=C(Nc1nc2c(s1)C(=O)C[C@@H](C(=O)O)C2)c1ccc(F)cc1. The van der Waals surface area contributed by atoms with Crippen molar-refractivity contribution in [1.82, 2.24) is 4.98 Å². The molecule has 1 heterocycles. The molecule has 3 rings (SSSR count). The van der Waals surface area contributed by atoms with Gasteiger partial charge in [-0.1, -0.05) is 11.3 Å². The predicted octanol–water partition coefficient (Wildman–Crippen LogP) is 2.36. The summed E-state index contributed by atoms with van der Waals surface area (Å²) >= 11 is 1.02. The highest BCUT2D eigenvalue weighted by atomic mass is 32.1. The zero-order chi connectivity index (χ0) is 16.6. The average molecular weight is 334 g/mol. The maximum atomic E-state index is 12.8. The van der Waals surface area contributed by atoms with Gasteiger partial charge in [-0.25, -0.2) is 9.37 Å². The number of nitrogens with one attached hydrogen (secondary N) is 1. The third-order valence-electron chi connectivity index (χ3n) is 3.50. The zero-order valence-corrected chi connectivity index (χ0v) is 12.5. The number of amides is 1. The molecule has 2 aromatic rings. The molecule has 1 aliphatic carbocycles. The topological polar surface area (TPSA) is 96.4 Å². The van der Waals surface area contributed by atoms with Crippen molar-refractivity contribution in [2.45, 2.75) is 12.8 Å². The highest BCUT2D eigenvalue weighted by Gasteiger charge is 2.33. The Balaban J connectivity index is 1.79. The van der Waals surface area contributed by atoms with Crippen LogP contribution in [0.25, 0.3) is 0 Å².